The van der Waals surface area contributed by atoms with Crippen LogP contribution in [0, 0.1) is 17.1 Å². The zero-order valence-corrected chi connectivity index (χ0v) is 11.9. The van der Waals surface area contributed by atoms with Crippen LogP contribution in [-0.4, -0.2) is 11.9 Å². The SMILES string of the molecule is CN(Cc1ccccc1F)Cc1ccc(C#N)cc1Cl. The van der Waals surface area contributed by atoms with E-state index in [9.17, 15) is 4.39 Å². The molecule has 2 aromatic rings. The van der Waals surface area contributed by atoms with Gasteiger partial charge in [0, 0.05) is 23.7 Å². The maximum atomic E-state index is 13.6. The highest BCUT2D eigenvalue weighted by atomic mass is 35.5. The van der Waals surface area contributed by atoms with Crippen molar-refractivity contribution in [3.8, 4) is 6.07 Å². The lowest BCUT2D eigenvalue weighted by Gasteiger charge is -2.18. The molecule has 0 aromatic heterocycles. The van der Waals surface area contributed by atoms with Crippen molar-refractivity contribution in [2.75, 3.05) is 7.05 Å². The number of benzene rings is 2. The Kier molecular flexibility index (Phi) is 4.73. The van der Waals surface area contributed by atoms with Crippen molar-refractivity contribution in [1.82, 2.24) is 4.90 Å². The highest BCUT2D eigenvalue weighted by Crippen LogP contribution is 2.20. The van der Waals surface area contributed by atoms with Crippen LogP contribution in [0.2, 0.25) is 5.02 Å². The summed E-state index contributed by atoms with van der Waals surface area (Å²) in [4.78, 5) is 1.98. The van der Waals surface area contributed by atoms with E-state index < -0.39 is 0 Å². The molecule has 0 heterocycles. The van der Waals surface area contributed by atoms with E-state index in [-0.39, 0.29) is 5.82 Å². The molecule has 0 radical (unpaired) electrons. The standard InChI is InChI=1S/C16H14ClFN2/c1-20(11-14-4-2-3-5-16(14)18)10-13-7-6-12(9-19)8-15(13)17/h2-8H,10-11H2,1H3. The molecule has 20 heavy (non-hydrogen) atoms. The molecule has 102 valence electrons. The van der Waals surface area contributed by atoms with Gasteiger partial charge in [0.05, 0.1) is 11.6 Å². The quantitative estimate of drug-likeness (QED) is 0.851. The minimum absolute atomic E-state index is 0.203. The van der Waals surface area contributed by atoms with Gasteiger partial charge < -0.3 is 0 Å². The van der Waals surface area contributed by atoms with E-state index in [4.69, 9.17) is 16.9 Å². The monoisotopic (exact) mass is 288 g/mol. The molecule has 0 saturated heterocycles. The first-order chi connectivity index (χ1) is 9.60. The second kappa shape index (κ2) is 6.51. The summed E-state index contributed by atoms with van der Waals surface area (Å²) in [6.45, 7) is 1.10. The zero-order chi connectivity index (χ0) is 14.5. The average Bonchev–Trinajstić information content (AvgIpc) is 2.43. The Labute approximate surface area is 123 Å². The van der Waals surface area contributed by atoms with E-state index in [0.717, 1.165) is 5.56 Å². The van der Waals surface area contributed by atoms with Gasteiger partial charge in [0.2, 0.25) is 0 Å². The number of hydrogen-bond donors (Lipinski definition) is 0. The average molecular weight is 289 g/mol. The summed E-state index contributed by atoms with van der Waals surface area (Å²) in [6.07, 6.45) is 0. The largest absolute Gasteiger partial charge is 0.298 e. The molecule has 0 aliphatic heterocycles. The second-order valence-electron chi connectivity index (χ2n) is 4.68. The normalized spacial score (nSPS) is 10.6. The summed E-state index contributed by atoms with van der Waals surface area (Å²) in [5.74, 6) is -0.203. The third-order valence-electron chi connectivity index (χ3n) is 3.02. The Morgan fingerprint density at radius 2 is 1.85 bits per heavy atom. The van der Waals surface area contributed by atoms with Crippen LogP contribution in [0.25, 0.3) is 0 Å². The topological polar surface area (TPSA) is 27.0 Å². The Hall–Kier alpha value is -1.89. The fourth-order valence-electron chi connectivity index (χ4n) is 2.01. The van der Waals surface area contributed by atoms with Crippen molar-refractivity contribution in [3.05, 3.63) is 70.0 Å². The van der Waals surface area contributed by atoms with Gasteiger partial charge >= 0.3 is 0 Å². The third-order valence-corrected chi connectivity index (χ3v) is 3.37. The van der Waals surface area contributed by atoms with E-state index in [1.165, 1.54) is 6.07 Å². The molecule has 2 nitrogen and oxygen atoms in total. The molecule has 0 N–H and O–H groups in total. The van der Waals surface area contributed by atoms with Crippen molar-refractivity contribution in [1.29, 1.82) is 5.26 Å². The van der Waals surface area contributed by atoms with Crippen LogP contribution in [0.15, 0.2) is 42.5 Å². The third kappa shape index (κ3) is 3.57. The van der Waals surface area contributed by atoms with Crippen molar-refractivity contribution in [3.63, 3.8) is 0 Å². The highest BCUT2D eigenvalue weighted by molar-refractivity contribution is 6.31. The van der Waals surface area contributed by atoms with Crippen LogP contribution < -0.4 is 0 Å². The number of rotatable bonds is 4. The summed E-state index contributed by atoms with van der Waals surface area (Å²) in [6, 6.07) is 14.0. The first kappa shape index (κ1) is 14.5. The minimum Gasteiger partial charge on any atom is -0.298 e. The maximum absolute atomic E-state index is 13.6. The highest BCUT2D eigenvalue weighted by Gasteiger charge is 2.08. The zero-order valence-electron chi connectivity index (χ0n) is 11.1. The van der Waals surface area contributed by atoms with Gasteiger partial charge in [-0.3, -0.25) is 4.90 Å². The summed E-state index contributed by atoms with van der Waals surface area (Å²) < 4.78 is 13.6. The molecule has 0 aliphatic rings. The van der Waals surface area contributed by atoms with Crippen molar-refractivity contribution < 1.29 is 4.39 Å². The number of nitrogens with zero attached hydrogens (tertiary/aromatic N) is 2. The lowest BCUT2D eigenvalue weighted by Crippen LogP contribution is -2.18. The van der Waals surface area contributed by atoms with Gasteiger partial charge in [-0.05, 0) is 30.8 Å². The van der Waals surface area contributed by atoms with Gasteiger partial charge in [-0.1, -0.05) is 35.9 Å². The summed E-state index contributed by atoms with van der Waals surface area (Å²) in [7, 11) is 1.90. The van der Waals surface area contributed by atoms with Gasteiger partial charge in [-0.2, -0.15) is 5.26 Å². The first-order valence-electron chi connectivity index (χ1n) is 6.20. The summed E-state index contributed by atoms with van der Waals surface area (Å²) in [5.41, 5.74) is 2.11. The molecule has 0 atom stereocenters. The number of halogens is 2. The van der Waals surface area contributed by atoms with E-state index in [1.807, 2.05) is 30.1 Å². The van der Waals surface area contributed by atoms with E-state index in [0.29, 0.717) is 29.2 Å². The Balaban J connectivity index is 2.07. The maximum Gasteiger partial charge on any atom is 0.127 e. The molecule has 2 rings (SSSR count). The Morgan fingerprint density at radius 1 is 1.15 bits per heavy atom. The number of hydrogen-bond acceptors (Lipinski definition) is 2. The van der Waals surface area contributed by atoms with Crippen LogP contribution in [0.5, 0.6) is 0 Å². The van der Waals surface area contributed by atoms with Gasteiger partial charge in [0.1, 0.15) is 5.82 Å². The van der Waals surface area contributed by atoms with Crippen LogP contribution in [0.3, 0.4) is 0 Å². The lowest BCUT2D eigenvalue weighted by molar-refractivity contribution is 0.313. The van der Waals surface area contributed by atoms with E-state index in [2.05, 4.69) is 0 Å². The summed E-state index contributed by atoms with van der Waals surface area (Å²) >= 11 is 6.13. The molecule has 0 bridgehead atoms. The minimum atomic E-state index is -0.203. The van der Waals surface area contributed by atoms with Gasteiger partial charge in [0.25, 0.3) is 0 Å². The molecule has 0 saturated carbocycles. The molecule has 2 aromatic carbocycles. The first-order valence-corrected chi connectivity index (χ1v) is 6.58. The summed E-state index contributed by atoms with van der Waals surface area (Å²) in [5, 5.41) is 9.36. The van der Waals surface area contributed by atoms with Gasteiger partial charge in [-0.25, -0.2) is 4.39 Å². The van der Waals surface area contributed by atoms with Gasteiger partial charge in [0.15, 0.2) is 0 Å². The van der Waals surface area contributed by atoms with Crippen LogP contribution in [-0.2, 0) is 13.1 Å². The predicted octanol–water partition coefficient (Wildman–Crippen LogP) is 3.98. The molecule has 0 fully saturated rings. The second-order valence-corrected chi connectivity index (χ2v) is 5.09. The molecule has 0 spiro atoms. The molecular weight excluding hydrogens is 275 g/mol. The molecule has 0 aliphatic carbocycles. The molecule has 4 heteroatoms. The van der Waals surface area contributed by atoms with Gasteiger partial charge in [-0.15, -0.1) is 0 Å². The predicted molar refractivity (Wildman–Crippen MR) is 77.7 cm³/mol. The van der Waals surface area contributed by atoms with Crippen LogP contribution >= 0.6 is 11.6 Å². The fraction of sp³-hybridized carbons (Fsp3) is 0.188. The van der Waals surface area contributed by atoms with E-state index >= 15 is 0 Å². The van der Waals surface area contributed by atoms with Crippen LogP contribution in [0.4, 0.5) is 4.39 Å². The Morgan fingerprint density at radius 3 is 2.50 bits per heavy atom. The van der Waals surface area contributed by atoms with Crippen molar-refractivity contribution in [2.24, 2.45) is 0 Å². The molecular formula is C16H14ClFN2. The van der Waals surface area contributed by atoms with Crippen LogP contribution in [0.1, 0.15) is 16.7 Å². The smallest absolute Gasteiger partial charge is 0.127 e. The van der Waals surface area contributed by atoms with E-state index in [1.54, 1.807) is 24.3 Å². The molecule has 0 amide bonds. The van der Waals surface area contributed by atoms with Crippen molar-refractivity contribution in [2.45, 2.75) is 13.1 Å². The van der Waals surface area contributed by atoms with Crippen molar-refractivity contribution >= 4 is 11.6 Å². The Bertz CT molecular complexity index is 649. The molecule has 0 unspecified atom stereocenters. The lowest BCUT2D eigenvalue weighted by atomic mass is 10.1. The number of nitriles is 1. The fourth-order valence-corrected chi connectivity index (χ4v) is 2.25.